The number of fused-ring (bicyclic) bond motifs is 1. The number of amides is 1. The number of carbonyl (C=O) groups is 1. The number of carbonyl (C=O) groups excluding carboxylic acids is 1. The quantitative estimate of drug-likeness (QED) is 0.491. The number of likely N-dealkylation sites (tertiary alicyclic amines) is 1. The molecule has 3 aromatic rings. The van der Waals surface area contributed by atoms with Crippen LogP contribution in [0.25, 0.3) is 11.0 Å². The zero-order chi connectivity index (χ0) is 24.1. The number of benzene rings is 1. The lowest BCUT2D eigenvalue weighted by Gasteiger charge is -2.39. The lowest BCUT2D eigenvalue weighted by molar-refractivity contribution is -0.0289. The van der Waals surface area contributed by atoms with E-state index in [9.17, 15) is 9.90 Å². The van der Waals surface area contributed by atoms with Crippen LogP contribution in [0.1, 0.15) is 61.3 Å². The fourth-order valence-electron chi connectivity index (χ4n) is 4.86. The number of likely N-dealkylation sites (N-methyl/N-ethyl adjacent to an activating group) is 1. The van der Waals surface area contributed by atoms with Gasteiger partial charge in [-0.15, -0.1) is 0 Å². The van der Waals surface area contributed by atoms with E-state index in [0.29, 0.717) is 24.3 Å². The van der Waals surface area contributed by atoms with Crippen molar-refractivity contribution in [1.82, 2.24) is 14.8 Å². The summed E-state index contributed by atoms with van der Waals surface area (Å²) in [6.45, 7) is 7.99. The number of aliphatic hydroxyl groups is 1. The Morgan fingerprint density at radius 3 is 2.62 bits per heavy atom. The van der Waals surface area contributed by atoms with Crippen molar-refractivity contribution in [2.24, 2.45) is 5.92 Å². The van der Waals surface area contributed by atoms with Crippen molar-refractivity contribution < 1.29 is 14.3 Å². The number of furan rings is 1. The highest BCUT2D eigenvalue weighted by atomic mass is 16.3. The van der Waals surface area contributed by atoms with Crippen LogP contribution in [0.5, 0.6) is 0 Å². The van der Waals surface area contributed by atoms with Gasteiger partial charge in [-0.25, -0.2) is 0 Å². The highest BCUT2D eigenvalue weighted by Crippen LogP contribution is 2.35. The SMILES string of the molecule is CCC(CC)CN1CCC(O)(c2ccc3oc(C(=O)N(C)CCc4ccccn4)cc3c2)CC1. The van der Waals surface area contributed by atoms with E-state index < -0.39 is 5.60 Å². The lowest BCUT2D eigenvalue weighted by atomic mass is 9.83. The Hall–Kier alpha value is -2.70. The first-order valence-corrected chi connectivity index (χ1v) is 12.6. The molecule has 0 aliphatic carbocycles. The molecule has 1 amide bonds. The van der Waals surface area contributed by atoms with Gasteiger partial charge in [-0.3, -0.25) is 9.78 Å². The topological polar surface area (TPSA) is 69.8 Å². The Morgan fingerprint density at radius 2 is 1.94 bits per heavy atom. The number of hydrogen-bond donors (Lipinski definition) is 1. The minimum atomic E-state index is -0.834. The summed E-state index contributed by atoms with van der Waals surface area (Å²) in [6, 6.07) is 13.4. The number of nitrogens with zero attached hydrogens (tertiary/aromatic N) is 3. The van der Waals surface area contributed by atoms with Crippen LogP contribution in [0.15, 0.2) is 53.1 Å². The molecule has 2 aromatic heterocycles. The molecule has 6 nitrogen and oxygen atoms in total. The predicted molar refractivity (Wildman–Crippen MR) is 135 cm³/mol. The van der Waals surface area contributed by atoms with E-state index in [4.69, 9.17) is 4.42 Å². The standard InChI is InChI=1S/C28H37N3O3/c1-4-21(5-2)20-31-16-12-28(33,13-17-31)23-9-10-25-22(18-23)19-26(34-25)27(32)30(3)15-11-24-8-6-7-14-29-24/h6-10,14,18-19,21,33H,4-5,11-13,15-17,20H2,1-3H3. The minimum Gasteiger partial charge on any atom is -0.451 e. The van der Waals surface area contributed by atoms with Crippen LogP contribution in [0.3, 0.4) is 0 Å². The Morgan fingerprint density at radius 1 is 1.18 bits per heavy atom. The maximum absolute atomic E-state index is 12.9. The van der Waals surface area contributed by atoms with Gasteiger partial charge in [0.1, 0.15) is 5.58 Å². The zero-order valence-corrected chi connectivity index (χ0v) is 20.7. The minimum absolute atomic E-state index is 0.151. The average Bonchev–Trinajstić information content (AvgIpc) is 3.30. The molecule has 0 atom stereocenters. The van der Waals surface area contributed by atoms with Crippen molar-refractivity contribution in [2.45, 2.75) is 51.6 Å². The molecule has 1 aliphatic rings. The van der Waals surface area contributed by atoms with Gasteiger partial charge in [-0.1, -0.05) is 38.8 Å². The number of rotatable bonds is 9. The van der Waals surface area contributed by atoms with Crippen LogP contribution in [0.2, 0.25) is 0 Å². The highest BCUT2D eigenvalue weighted by molar-refractivity contribution is 5.96. The van der Waals surface area contributed by atoms with Gasteiger partial charge in [0.2, 0.25) is 0 Å². The van der Waals surface area contributed by atoms with E-state index in [1.54, 1.807) is 24.2 Å². The van der Waals surface area contributed by atoms with Crippen molar-refractivity contribution in [1.29, 1.82) is 0 Å². The van der Waals surface area contributed by atoms with E-state index in [0.717, 1.165) is 55.0 Å². The number of pyridine rings is 1. The largest absolute Gasteiger partial charge is 0.451 e. The number of hydrogen-bond acceptors (Lipinski definition) is 5. The van der Waals surface area contributed by atoms with Crippen molar-refractivity contribution in [3.8, 4) is 0 Å². The Labute approximate surface area is 202 Å². The first-order chi connectivity index (χ1) is 16.4. The summed E-state index contributed by atoms with van der Waals surface area (Å²) in [6.07, 6.45) is 6.30. The summed E-state index contributed by atoms with van der Waals surface area (Å²) >= 11 is 0. The fourth-order valence-corrected chi connectivity index (χ4v) is 4.86. The molecule has 182 valence electrons. The number of aromatic nitrogens is 1. The van der Waals surface area contributed by atoms with Gasteiger partial charge in [0.05, 0.1) is 5.60 Å². The van der Waals surface area contributed by atoms with Crippen molar-refractivity contribution in [3.05, 3.63) is 65.7 Å². The summed E-state index contributed by atoms with van der Waals surface area (Å²) in [5.41, 5.74) is 1.69. The second-order valence-corrected chi connectivity index (χ2v) is 9.68. The Kier molecular flexibility index (Phi) is 7.69. The van der Waals surface area contributed by atoms with Crippen molar-refractivity contribution >= 4 is 16.9 Å². The molecule has 1 saturated heterocycles. The molecule has 3 heterocycles. The Balaban J connectivity index is 1.41. The van der Waals surface area contributed by atoms with Gasteiger partial charge in [0.25, 0.3) is 5.91 Å². The van der Waals surface area contributed by atoms with Crippen LogP contribution in [0, 0.1) is 5.92 Å². The molecule has 6 heteroatoms. The normalized spacial score (nSPS) is 16.3. The smallest absolute Gasteiger partial charge is 0.289 e. The molecule has 0 unspecified atom stereocenters. The first-order valence-electron chi connectivity index (χ1n) is 12.6. The van der Waals surface area contributed by atoms with Crippen molar-refractivity contribution in [3.63, 3.8) is 0 Å². The maximum atomic E-state index is 12.9. The monoisotopic (exact) mass is 463 g/mol. The van der Waals surface area contributed by atoms with E-state index in [1.165, 1.54) is 12.8 Å². The van der Waals surface area contributed by atoms with Gasteiger partial charge >= 0.3 is 0 Å². The second-order valence-electron chi connectivity index (χ2n) is 9.68. The van der Waals surface area contributed by atoms with Gasteiger partial charge in [-0.05, 0) is 54.7 Å². The number of piperidine rings is 1. The molecular formula is C28H37N3O3. The zero-order valence-electron chi connectivity index (χ0n) is 20.7. The van der Waals surface area contributed by atoms with Crippen LogP contribution >= 0.6 is 0 Å². The summed E-state index contributed by atoms with van der Waals surface area (Å²) in [7, 11) is 1.78. The maximum Gasteiger partial charge on any atom is 0.289 e. The molecule has 0 saturated carbocycles. The molecular weight excluding hydrogens is 426 g/mol. The third-order valence-corrected chi connectivity index (χ3v) is 7.39. The second kappa shape index (κ2) is 10.7. The summed E-state index contributed by atoms with van der Waals surface area (Å²) in [4.78, 5) is 21.4. The van der Waals surface area contributed by atoms with Crippen LogP contribution in [-0.4, -0.2) is 59.0 Å². The third kappa shape index (κ3) is 5.50. The van der Waals surface area contributed by atoms with Crippen LogP contribution in [-0.2, 0) is 12.0 Å². The first kappa shape index (κ1) is 24.4. The fraction of sp³-hybridized carbons (Fsp3) is 0.500. The Bertz CT molecular complexity index is 1080. The summed E-state index contributed by atoms with van der Waals surface area (Å²) in [5, 5.41) is 12.3. The lowest BCUT2D eigenvalue weighted by Crippen LogP contribution is -2.44. The molecule has 1 aromatic carbocycles. The van der Waals surface area contributed by atoms with Crippen LogP contribution < -0.4 is 0 Å². The van der Waals surface area contributed by atoms with E-state index in [2.05, 4.69) is 23.7 Å². The highest BCUT2D eigenvalue weighted by Gasteiger charge is 2.34. The molecule has 0 radical (unpaired) electrons. The molecule has 0 spiro atoms. The van der Waals surface area contributed by atoms with E-state index in [1.807, 2.05) is 36.4 Å². The molecule has 1 aliphatic heterocycles. The molecule has 1 N–H and O–H groups in total. The van der Waals surface area contributed by atoms with Crippen LogP contribution in [0.4, 0.5) is 0 Å². The van der Waals surface area contributed by atoms with E-state index in [-0.39, 0.29) is 5.91 Å². The van der Waals surface area contributed by atoms with Crippen molar-refractivity contribution in [2.75, 3.05) is 33.2 Å². The summed E-state index contributed by atoms with van der Waals surface area (Å²) < 4.78 is 5.87. The predicted octanol–water partition coefficient (Wildman–Crippen LogP) is 4.86. The molecule has 4 rings (SSSR count). The molecule has 1 fully saturated rings. The third-order valence-electron chi connectivity index (χ3n) is 7.39. The average molecular weight is 464 g/mol. The summed E-state index contributed by atoms with van der Waals surface area (Å²) in [5.74, 6) is 0.899. The van der Waals surface area contributed by atoms with Gasteiger partial charge in [-0.2, -0.15) is 0 Å². The van der Waals surface area contributed by atoms with E-state index >= 15 is 0 Å². The molecule has 34 heavy (non-hydrogen) atoms. The molecule has 0 bridgehead atoms. The van der Waals surface area contributed by atoms with Gasteiger partial charge in [0.15, 0.2) is 5.76 Å². The van der Waals surface area contributed by atoms with Gasteiger partial charge < -0.3 is 19.3 Å². The van der Waals surface area contributed by atoms with Gasteiger partial charge in [0, 0.05) is 56.9 Å².